The molecule has 3 heterocycles. The molecule has 3 N–H and O–H groups in total. The highest BCUT2D eigenvalue weighted by Crippen LogP contribution is 2.45. The van der Waals surface area contributed by atoms with Crippen LogP contribution in [0.1, 0.15) is 80.5 Å². The Labute approximate surface area is 323 Å². The largest absolute Gasteiger partial charge is 0.378 e. The number of nitriles is 1. The number of alkyl halides is 4. The number of pyridine rings is 1. The summed E-state index contributed by atoms with van der Waals surface area (Å²) >= 11 is 6.62. The van der Waals surface area contributed by atoms with Crippen LogP contribution in [0, 0.1) is 34.8 Å². The summed E-state index contributed by atoms with van der Waals surface area (Å²) in [6, 6.07) is 9.88. The number of rotatable bonds is 10. The topological polar surface area (TPSA) is 134 Å². The molecule has 1 aliphatic rings. The lowest BCUT2D eigenvalue weighted by atomic mass is 9.93. The molecule has 2 aromatic carbocycles. The van der Waals surface area contributed by atoms with Crippen LogP contribution < -0.4 is 10.6 Å². The Morgan fingerprint density at radius 1 is 1.07 bits per heavy atom. The zero-order valence-electron chi connectivity index (χ0n) is 30.9. The Morgan fingerprint density at radius 3 is 2.39 bits per heavy atom. The number of aromatic nitrogens is 5. The first-order chi connectivity index (χ1) is 26.5. The predicted octanol–water partition coefficient (Wildman–Crippen LogP) is 7.92. The first-order valence-corrected chi connectivity index (χ1v) is 17.9. The highest BCUT2D eigenvalue weighted by Gasteiger charge is 2.46. The number of amides is 1. The van der Waals surface area contributed by atoms with Gasteiger partial charge in [-0.1, -0.05) is 37.4 Å². The van der Waals surface area contributed by atoms with Gasteiger partial charge in [-0.05, 0) is 68.5 Å². The summed E-state index contributed by atoms with van der Waals surface area (Å²) in [4.78, 5) is 18.5. The molecule has 1 amide bonds. The zero-order valence-corrected chi connectivity index (χ0v) is 31.7. The number of halogens is 7. The third-order valence-electron chi connectivity index (χ3n) is 8.63. The van der Waals surface area contributed by atoms with E-state index >= 15 is 0 Å². The van der Waals surface area contributed by atoms with E-state index in [4.69, 9.17) is 16.6 Å². The summed E-state index contributed by atoms with van der Waals surface area (Å²) < 4.78 is 88.6. The molecule has 0 saturated carbocycles. The van der Waals surface area contributed by atoms with E-state index in [0.717, 1.165) is 12.1 Å². The third-order valence-corrected chi connectivity index (χ3v) is 8.94. The summed E-state index contributed by atoms with van der Waals surface area (Å²) in [6.07, 6.45) is -4.53. The summed E-state index contributed by atoms with van der Waals surface area (Å²) in [5.41, 5.74) is -1.77. The minimum Gasteiger partial charge on any atom is -0.378 e. The van der Waals surface area contributed by atoms with Crippen LogP contribution in [0.4, 0.5) is 32.2 Å². The van der Waals surface area contributed by atoms with Crippen molar-refractivity contribution >= 4 is 34.2 Å². The second-order valence-corrected chi connectivity index (χ2v) is 13.6. The van der Waals surface area contributed by atoms with Gasteiger partial charge in [0.05, 0.1) is 33.7 Å². The molecule has 0 bridgehead atoms. The van der Waals surface area contributed by atoms with Gasteiger partial charge in [-0.15, -0.1) is 0 Å². The molecule has 1 aliphatic carbocycles. The summed E-state index contributed by atoms with van der Waals surface area (Å²) in [5.74, 6) is -0.540. The first kappa shape index (κ1) is 41.6. The van der Waals surface area contributed by atoms with Gasteiger partial charge in [-0.25, -0.2) is 22.5 Å². The second kappa shape index (κ2) is 16.6. The van der Waals surface area contributed by atoms with Crippen molar-refractivity contribution in [2.45, 2.75) is 77.5 Å². The minimum atomic E-state index is -3.51. The molecule has 0 radical (unpaired) electrons. The molecule has 6 rings (SSSR count). The lowest BCUT2D eigenvalue weighted by Crippen LogP contribution is -2.35. The van der Waals surface area contributed by atoms with Crippen molar-refractivity contribution in [1.82, 2.24) is 29.9 Å². The van der Waals surface area contributed by atoms with E-state index in [1.54, 1.807) is 31.3 Å². The molecular formula is C39H37ClF6N8O2. The Morgan fingerprint density at radius 2 is 1.75 bits per heavy atom. The number of carbonyl (C=O) groups excluding carboxylic acids is 1. The van der Waals surface area contributed by atoms with Gasteiger partial charge in [0.1, 0.15) is 47.4 Å². The van der Waals surface area contributed by atoms with Gasteiger partial charge < -0.3 is 15.7 Å². The van der Waals surface area contributed by atoms with Crippen molar-refractivity contribution in [3.63, 3.8) is 0 Å². The molecule has 10 nitrogen and oxygen atoms in total. The molecule has 3 aromatic heterocycles. The molecule has 5 aromatic rings. The van der Waals surface area contributed by atoms with Crippen LogP contribution in [0.25, 0.3) is 22.0 Å². The van der Waals surface area contributed by atoms with E-state index in [1.807, 2.05) is 19.9 Å². The Bertz CT molecular complexity index is 2370. The minimum absolute atomic E-state index is 0.0785. The normalized spacial score (nSPS) is 13.7. The number of hydrogen-bond donors (Lipinski definition) is 3. The second-order valence-electron chi connectivity index (χ2n) is 13.2. The quantitative estimate of drug-likeness (QED) is 0.0743. The molecule has 1 unspecified atom stereocenters. The molecule has 294 valence electrons. The maximum atomic E-state index is 14.9. The molecule has 17 heteroatoms. The van der Waals surface area contributed by atoms with E-state index in [9.17, 15) is 41.5 Å². The number of hydrogen-bond acceptors (Lipinski definition) is 7. The molecule has 0 aliphatic heterocycles. The van der Waals surface area contributed by atoms with E-state index < -0.39 is 65.9 Å². The Kier molecular flexibility index (Phi) is 12.4. The van der Waals surface area contributed by atoms with Gasteiger partial charge in [0.15, 0.2) is 5.82 Å². The summed E-state index contributed by atoms with van der Waals surface area (Å²) in [5, 5.41) is 34.0. The van der Waals surface area contributed by atoms with Crippen molar-refractivity contribution in [3.8, 4) is 29.0 Å². The maximum absolute atomic E-state index is 14.9. The van der Waals surface area contributed by atoms with Gasteiger partial charge in [0, 0.05) is 36.2 Å². The zero-order chi connectivity index (χ0) is 41.1. The van der Waals surface area contributed by atoms with Crippen LogP contribution >= 0.6 is 11.6 Å². The highest BCUT2D eigenvalue weighted by atomic mass is 35.5. The average Bonchev–Trinajstić information content (AvgIpc) is 3.77. The fraction of sp³-hybridized carbons (Fsp3) is 0.359. The van der Waals surface area contributed by atoms with Gasteiger partial charge in [-0.2, -0.15) is 24.2 Å². The van der Waals surface area contributed by atoms with Crippen molar-refractivity contribution < 1.29 is 36.2 Å². The summed E-state index contributed by atoms with van der Waals surface area (Å²) in [7, 11) is 1.64. The standard InChI is InChI=1S/C37H31ClF6N8O2.C2H6/c1-36(2,54)10-8-22-4-5-23(24-6-7-26(38)29-32(24)51(3)50-35(29)46-13-12-45)30(47-22)27(16-19-14-20(39)17-21(40)15-19)48-28(53)18-52-33-25(9-11-37(33,43)44)31(49-52)34(41)42;1-2/h4-7,14-15,17,27,34,54H,9,11,13,16,18H2,1-3H3,(H,46,50)(H,48,53);1-2H3. The van der Waals surface area contributed by atoms with E-state index in [-0.39, 0.29) is 46.9 Å². The molecule has 0 spiro atoms. The Hall–Kier alpha value is -5.58. The van der Waals surface area contributed by atoms with Gasteiger partial charge in [-0.3, -0.25) is 14.2 Å². The van der Waals surface area contributed by atoms with Crippen LogP contribution in [-0.2, 0) is 37.2 Å². The third kappa shape index (κ3) is 8.93. The van der Waals surface area contributed by atoms with Crippen LogP contribution in [0.2, 0.25) is 5.02 Å². The molecule has 56 heavy (non-hydrogen) atoms. The number of nitrogens with one attached hydrogen (secondary N) is 2. The molecular weight excluding hydrogens is 762 g/mol. The number of benzene rings is 2. The van der Waals surface area contributed by atoms with Crippen LogP contribution in [0.5, 0.6) is 0 Å². The fourth-order valence-electron chi connectivity index (χ4n) is 6.52. The lowest BCUT2D eigenvalue weighted by molar-refractivity contribution is -0.122. The first-order valence-electron chi connectivity index (χ1n) is 17.5. The van der Waals surface area contributed by atoms with Crippen molar-refractivity contribution in [2.24, 2.45) is 7.05 Å². The van der Waals surface area contributed by atoms with Crippen LogP contribution in [0.3, 0.4) is 0 Å². The smallest absolute Gasteiger partial charge is 0.290 e. The number of aliphatic hydroxyl groups is 1. The van der Waals surface area contributed by atoms with Gasteiger partial charge in [0.2, 0.25) is 5.91 Å². The van der Waals surface area contributed by atoms with Crippen molar-refractivity contribution in [3.05, 3.63) is 93.0 Å². The van der Waals surface area contributed by atoms with Gasteiger partial charge >= 0.3 is 0 Å². The van der Waals surface area contributed by atoms with E-state index in [0.29, 0.717) is 38.6 Å². The van der Waals surface area contributed by atoms with E-state index in [2.05, 4.69) is 32.7 Å². The highest BCUT2D eigenvalue weighted by molar-refractivity contribution is 6.37. The maximum Gasteiger partial charge on any atom is 0.290 e. The number of carbonyl (C=O) groups is 1. The SMILES string of the molecule is CC.Cn1nc(NCC#N)c2c(Cl)ccc(-c3ccc(C#CC(C)(C)O)nc3C(Cc3cc(F)cc(F)c3)NC(=O)Cn3nc(C(F)F)c4c3C(F)(F)CC4)c21. The lowest BCUT2D eigenvalue weighted by Gasteiger charge is -2.23. The fourth-order valence-corrected chi connectivity index (χ4v) is 6.76. The predicted molar refractivity (Wildman–Crippen MR) is 198 cm³/mol. The average molecular weight is 799 g/mol. The molecule has 1 atom stereocenters. The van der Waals surface area contributed by atoms with Crippen LogP contribution in [-0.4, -0.2) is 47.7 Å². The van der Waals surface area contributed by atoms with Crippen molar-refractivity contribution in [2.75, 3.05) is 11.9 Å². The number of anilines is 1. The van der Waals surface area contributed by atoms with Crippen molar-refractivity contribution in [1.29, 1.82) is 5.26 Å². The van der Waals surface area contributed by atoms with Gasteiger partial charge in [0.25, 0.3) is 12.3 Å². The Balaban J connectivity index is 0.00000295. The summed E-state index contributed by atoms with van der Waals surface area (Å²) in [6.45, 7) is 5.93. The molecule has 0 fully saturated rings. The number of aryl methyl sites for hydroxylation is 1. The van der Waals surface area contributed by atoms with Crippen LogP contribution in [0.15, 0.2) is 42.5 Å². The molecule has 0 saturated heterocycles. The number of fused-ring (bicyclic) bond motifs is 2. The number of nitrogens with zero attached hydrogens (tertiary/aromatic N) is 6. The van der Waals surface area contributed by atoms with E-state index in [1.165, 1.54) is 18.5 Å². The monoisotopic (exact) mass is 798 g/mol.